The first kappa shape index (κ1) is 26.2. The van der Waals surface area contributed by atoms with E-state index in [0.717, 1.165) is 5.56 Å². The summed E-state index contributed by atoms with van der Waals surface area (Å²) in [5.41, 5.74) is 0.872. The molecule has 0 fully saturated rings. The lowest BCUT2D eigenvalue weighted by Crippen LogP contribution is -2.57. The fourth-order valence-corrected chi connectivity index (χ4v) is 3.78. The van der Waals surface area contributed by atoms with Crippen molar-refractivity contribution in [2.45, 2.75) is 71.2 Å². The summed E-state index contributed by atoms with van der Waals surface area (Å²) < 4.78 is 0. The molecule has 4 N–H and O–H groups in total. The lowest BCUT2D eigenvalue weighted by Gasteiger charge is -2.42. The van der Waals surface area contributed by atoms with Crippen LogP contribution in [0.2, 0.25) is 0 Å². The van der Waals surface area contributed by atoms with E-state index in [4.69, 9.17) is 0 Å². The number of carbonyl (C=O) groups is 2. The van der Waals surface area contributed by atoms with Crippen molar-refractivity contribution in [2.24, 2.45) is 0 Å². The Morgan fingerprint density at radius 2 is 1.52 bits per heavy atom. The number of nitrogens with one attached hydrogen (secondary N) is 2. The van der Waals surface area contributed by atoms with Crippen molar-refractivity contribution in [1.29, 1.82) is 0 Å². The van der Waals surface area contributed by atoms with E-state index in [1.807, 2.05) is 77.9 Å². The molecule has 0 saturated carbocycles. The quantitative estimate of drug-likeness (QED) is 0.473. The third-order valence-corrected chi connectivity index (χ3v) is 5.15. The van der Waals surface area contributed by atoms with Crippen LogP contribution in [0.15, 0.2) is 54.6 Å². The Hall–Kier alpha value is -3.06. The summed E-state index contributed by atoms with van der Waals surface area (Å²) >= 11 is 0. The van der Waals surface area contributed by atoms with Crippen LogP contribution in [-0.4, -0.2) is 56.9 Å². The van der Waals surface area contributed by atoms with E-state index in [1.165, 1.54) is 4.90 Å². The number of amides is 2. The highest BCUT2D eigenvalue weighted by molar-refractivity contribution is 5.99. The minimum absolute atomic E-state index is 0.0805. The molecule has 180 valence electrons. The average Bonchev–Trinajstić information content (AvgIpc) is 2.70. The lowest BCUT2D eigenvalue weighted by atomic mass is 9.94. The summed E-state index contributed by atoms with van der Waals surface area (Å²) in [7, 11) is 0. The van der Waals surface area contributed by atoms with E-state index in [1.54, 1.807) is 18.2 Å². The molecule has 0 aliphatic heterocycles. The van der Waals surface area contributed by atoms with E-state index >= 15 is 0 Å². The molecule has 0 unspecified atom stereocenters. The topological polar surface area (TPSA) is 102 Å². The van der Waals surface area contributed by atoms with Gasteiger partial charge in [0, 0.05) is 23.3 Å². The summed E-state index contributed by atoms with van der Waals surface area (Å²) in [6.45, 7) is 11.2. The van der Waals surface area contributed by atoms with Crippen LogP contribution in [0.25, 0.3) is 0 Å². The maximum Gasteiger partial charge on any atom is 0.408 e. The number of carbonyl (C=O) groups excluding carboxylic acids is 1. The molecule has 2 rings (SSSR count). The van der Waals surface area contributed by atoms with Crippen LogP contribution in [0.4, 0.5) is 10.5 Å². The molecule has 7 nitrogen and oxygen atoms in total. The molecule has 0 aliphatic rings. The second-order valence-corrected chi connectivity index (χ2v) is 10.3. The Balaban J connectivity index is 2.27. The lowest BCUT2D eigenvalue weighted by molar-refractivity contribution is 0.0124. The SMILES string of the molecule is CC(C)(C)NC(=O)c1ccccc1NC[C@@H](O)[C@H](Cc1ccccc1)N(C(=O)O)C(C)(C)C. The van der Waals surface area contributed by atoms with Crippen LogP contribution in [0, 0.1) is 0 Å². The van der Waals surface area contributed by atoms with Gasteiger partial charge < -0.3 is 20.8 Å². The molecule has 2 aromatic rings. The van der Waals surface area contributed by atoms with Crippen molar-refractivity contribution in [2.75, 3.05) is 11.9 Å². The molecule has 2 aromatic carbocycles. The molecule has 0 bridgehead atoms. The molecular formula is C26H37N3O4. The zero-order valence-electron chi connectivity index (χ0n) is 20.4. The normalized spacial score (nSPS) is 13.7. The van der Waals surface area contributed by atoms with Gasteiger partial charge in [-0.3, -0.25) is 9.69 Å². The number of hydrogen-bond acceptors (Lipinski definition) is 4. The van der Waals surface area contributed by atoms with Gasteiger partial charge in [-0.1, -0.05) is 42.5 Å². The summed E-state index contributed by atoms with van der Waals surface area (Å²) in [6.07, 6.45) is -1.74. The number of nitrogens with zero attached hydrogens (tertiary/aromatic N) is 1. The molecule has 7 heteroatoms. The maximum absolute atomic E-state index is 12.7. The number of rotatable bonds is 8. The van der Waals surface area contributed by atoms with Gasteiger partial charge in [-0.05, 0) is 65.7 Å². The second-order valence-electron chi connectivity index (χ2n) is 10.3. The zero-order valence-corrected chi connectivity index (χ0v) is 20.4. The van der Waals surface area contributed by atoms with E-state index in [0.29, 0.717) is 17.7 Å². The van der Waals surface area contributed by atoms with E-state index in [2.05, 4.69) is 10.6 Å². The van der Waals surface area contributed by atoms with Crippen LogP contribution in [-0.2, 0) is 6.42 Å². The molecule has 0 aromatic heterocycles. The Labute approximate surface area is 196 Å². The molecule has 0 radical (unpaired) electrons. The van der Waals surface area contributed by atoms with Gasteiger partial charge in [-0.15, -0.1) is 0 Å². The van der Waals surface area contributed by atoms with Gasteiger partial charge in [-0.25, -0.2) is 4.79 Å². The first-order chi connectivity index (χ1) is 15.3. The summed E-state index contributed by atoms with van der Waals surface area (Å²) in [4.78, 5) is 26.2. The van der Waals surface area contributed by atoms with Gasteiger partial charge in [0.1, 0.15) is 0 Å². The molecule has 2 atom stereocenters. The Kier molecular flexibility index (Phi) is 8.50. The Morgan fingerprint density at radius 1 is 0.939 bits per heavy atom. The minimum Gasteiger partial charge on any atom is -0.465 e. The van der Waals surface area contributed by atoms with Crippen LogP contribution >= 0.6 is 0 Å². The van der Waals surface area contributed by atoms with Gasteiger partial charge in [-0.2, -0.15) is 0 Å². The summed E-state index contributed by atoms with van der Waals surface area (Å²) in [5.74, 6) is -0.220. The van der Waals surface area contributed by atoms with Crippen molar-refractivity contribution in [3.8, 4) is 0 Å². The van der Waals surface area contributed by atoms with E-state index in [-0.39, 0.29) is 18.0 Å². The van der Waals surface area contributed by atoms with Gasteiger partial charge in [0.15, 0.2) is 0 Å². The number of carboxylic acid groups (broad SMARTS) is 1. The third kappa shape index (κ3) is 7.79. The average molecular weight is 456 g/mol. The van der Waals surface area contributed by atoms with Crippen LogP contribution < -0.4 is 10.6 Å². The number of aliphatic hydroxyl groups is 1. The molecule has 0 aliphatic carbocycles. The molecular weight excluding hydrogens is 418 g/mol. The van der Waals surface area contributed by atoms with Gasteiger partial charge in [0.2, 0.25) is 0 Å². The molecule has 2 amide bonds. The predicted molar refractivity (Wildman–Crippen MR) is 132 cm³/mol. The summed E-state index contributed by atoms with van der Waals surface area (Å²) in [6, 6.07) is 15.9. The minimum atomic E-state index is -1.09. The van der Waals surface area contributed by atoms with Crippen molar-refractivity contribution >= 4 is 17.7 Å². The van der Waals surface area contributed by atoms with Crippen LogP contribution in [0.3, 0.4) is 0 Å². The van der Waals surface area contributed by atoms with Gasteiger partial charge in [0.25, 0.3) is 5.91 Å². The van der Waals surface area contributed by atoms with Crippen LogP contribution in [0.5, 0.6) is 0 Å². The zero-order chi connectivity index (χ0) is 24.8. The summed E-state index contributed by atoms with van der Waals surface area (Å²) in [5, 5.41) is 27.2. The second kappa shape index (κ2) is 10.7. The fourth-order valence-electron chi connectivity index (χ4n) is 3.78. The number of anilines is 1. The Bertz CT molecular complexity index is 933. The fraction of sp³-hybridized carbons (Fsp3) is 0.462. The maximum atomic E-state index is 12.7. The highest BCUT2D eigenvalue weighted by atomic mass is 16.4. The first-order valence-electron chi connectivity index (χ1n) is 11.2. The molecule has 0 heterocycles. The number of aliphatic hydroxyl groups excluding tert-OH is 1. The molecule has 0 saturated heterocycles. The Morgan fingerprint density at radius 3 is 2.06 bits per heavy atom. The monoisotopic (exact) mass is 455 g/mol. The highest BCUT2D eigenvalue weighted by Crippen LogP contribution is 2.24. The highest BCUT2D eigenvalue weighted by Gasteiger charge is 2.37. The number of hydrogen-bond donors (Lipinski definition) is 4. The van der Waals surface area contributed by atoms with E-state index in [9.17, 15) is 19.8 Å². The van der Waals surface area contributed by atoms with Crippen LogP contribution in [0.1, 0.15) is 57.5 Å². The van der Waals surface area contributed by atoms with Crippen molar-refractivity contribution in [3.63, 3.8) is 0 Å². The van der Waals surface area contributed by atoms with Crippen molar-refractivity contribution < 1.29 is 19.8 Å². The van der Waals surface area contributed by atoms with Gasteiger partial charge >= 0.3 is 6.09 Å². The largest absolute Gasteiger partial charge is 0.465 e. The van der Waals surface area contributed by atoms with E-state index < -0.39 is 23.8 Å². The smallest absolute Gasteiger partial charge is 0.408 e. The standard InChI is InChI=1S/C26H37N3O4/c1-25(2,3)28-23(31)19-14-10-11-15-20(19)27-17-22(30)21(16-18-12-8-7-9-13-18)29(24(32)33)26(4,5)6/h7-15,21-22,27,30H,16-17H2,1-6H3,(H,28,31)(H,32,33)/t21-,22+/m0/s1. The molecule has 33 heavy (non-hydrogen) atoms. The van der Waals surface area contributed by atoms with Crippen molar-refractivity contribution in [1.82, 2.24) is 10.2 Å². The predicted octanol–water partition coefficient (Wildman–Crippen LogP) is 4.38. The van der Waals surface area contributed by atoms with Gasteiger partial charge in [0.05, 0.1) is 17.7 Å². The van der Waals surface area contributed by atoms with Crippen molar-refractivity contribution in [3.05, 3.63) is 65.7 Å². The molecule has 0 spiro atoms. The first-order valence-corrected chi connectivity index (χ1v) is 11.2. The number of para-hydroxylation sites is 1. The third-order valence-electron chi connectivity index (χ3n) is 5.15. The number of benzene rings is 2.